The highest BCUT2D eigenvalue weighted by atomic mass is 35.5. The summed E-state index contributed by atoms with van der Waals surface area (Å²) in [5, 5.41) is 7.16. The fourth-order valence-electron chi connectivity index (χ4n) is 4.54. The van der Waals surface area contributed by atoms with Crippen molar-refractivity contribution >= 4 is 51.3 Å². The third-order valence-corrected chi connectivity index (χ3v) is 6.81. The van der Waals surface area contributed by atoms with Crippen LogP contribution in [0.4, 0.5) is 0 Å². The van der Waals surface area contributed by atoms with Crippen molar-refractivity contribution in [3.05, 3.63) is 116 Å². The summed E-state index contributed by atoms with van der Waals surface area (Å²) in [7, 11) is 0. The van der Waals surface area contributed by atoms with Crippen molar-refractivity contribution in [1.29, 1.82) is 0 Å². The highest BCUT2D eigenvalue weighted by Gasteiger charge is 2.17. The van der Waals surface area contributed by atoms with Gasteiger partial charge in [0.15, 0.2) is 5.76 Å². The second kappa shape index (κ2) is 9.07. The summed E-state index contributed by atoms with van der Waals surface area (Å²) >= 11 is 12.2. The van der Waals surface area contributed by atoms with Crippen LogP contribution in [-0.2, 0) is 0 Å². The summed E-state index contributed by atoms with van der Waals surface area (Å²) in [6, 6.07) is 24.0. The predicted octanol–water partition coefficient (Wildman–Crippen LogP) is 7.41. The Hall–Kier alpha value is -4.13. The number of aryl methyl sites for hydroxylation is 1. The summed E-state index contributed by atoms with van der Waals surface area (Å²) in [6.07, 6.45) is 1.68. The molecular weight excluding hydrogens is 507 g/mol. The summed E-state index contributed by atoms with van der Waals surface area (Å²) in [6.45, 7) is 4.03. The van der Waals surface area contributed by atoms with E-state index in [0.717, 1.165) is 28.0 Å². The lowest BCUT2D eigenvalue weighted by molar-refractivity contribution is 0.616. The van der Waals surface area contributed by atoms with Crippen molar-refractivity contribution in [3.63, 3.8) is 0 Å². The highest BCUT2D eigenvalue weighted by Crippen LogP contribution is 2.29. The van der Waals surface area contributed by atoms with Crippen molar-refractivity contribution in [1.82, 2.24) is 14.2 Å². The molecule has 3 aromatic heterocycles. The fourth-order valence-corrected chi connectivity index (χ4v) is 4.85. The standard InChI is InChI=1S/C29H20Cl2N4O2/c1-17-13-20(18(2)34(17)23-10-7-21(30)8-11-23)16-32-35-28(33-25-6-4-3-5-24(25)29(35)36)27-15-19-14-22(31)9-12-26(19)37-27/h3-16H,1-2H3. The second-order valence-corrected chi connectivity index (χ2v) is 9.62. The molecule has 0 atom stereocenters. The van der Waals surface area contributed by atoms with Gasteiger partial charge in [0.25, 0.3) is 5.56 Å². The molecule has 6 nitrogen and oxygen atoms in total. The first-order valence-corrected chi connectivity index (χ1v) is 12.3. The van der Waals surface area contributed by atoms with Crippen LogP contribution < -0.4 is 5.56 Å². The van der Waals surface area contributed by atoms with E-state index >= 15 is 0 Å². The molecule has 0 bridgehead atoms. The van der Waals surface area contributed by atoms with Crippen LogP contribution in [0.5, 0.6) is 0 Å². The predicted molar refractivity (Wildman–Crippen MR) is 149 cm³/mol. The molecule has 8 heteroatoms. The number of para-hydroxylation sites is 1. The van der Waals surface area contributed by atoms with Gasteiger partial charge in [-0.2, -0.15) is 9.78 Å². The minimum Gasteiger partial charge on any atom is -0.453 e. The first-order chi connectivity index (χ1) is 17.9. The largest absolute Gasteiger partial charge is 0.453 e. The fraction of sp³-hybridized carbons (Fsp3) is 0.0690. The van der Waals surface area contributed by atoms with E-state index in [9.17, 15) is 4.79 Å². The van der Waals surface area contributed by atoms with Gasteiger partial charge in [0.1, 0.15) is 5.58 Å². The van der Waals surface area contributed by atoms with Crippen LogP contribution in [0.25, 0.3) is 39.1 Å². The smallest absolute Gasteiger partial charge is 0.282 e. The van der Waals surface area contributed by atoms with E-state index in [1.54, 1.807) is 30.5 Å². The van der Waals surface area contributed by atoms with Crippen LogP contribution in [-0.4, -0.2) is 20.4 Å². The third-order valence-electron chi connectivity index (χ3n) is 6.32. The molecule has 0 aliphatic heterocycles. The van der Waals surface area contributed by atoms with Gasteiger partial charge in [-0.3, -0.25) is 4.79 Å². The van der Waals surface area contributed by atoms with Gasteiger partial charge < -0.3 is 8.98 Å². The Labute approximate surface area is 222 Å². The zero-order valence-corrected chi connectivity index (χ0v) is 21.5. The number of rotatable bonds is 4. The molecule has 0 N–H and O–H groups in total. The van der Waals surface area contributed by atoms with Gasteiger partial charge >= 0.3 is 0 Å². The van der Waals surface area contributed by atoms with Gasteiger partial charge in [-0.25, -0.2) is 4.98 Å². The number of fused-ring (bicyclic) bond motifs is 2. The summed E-state index contributed by atoms with van der Waals surface area (Å²) in [5.74, 6) is 0.725. The zero-order chi connectivity index (χ0) is 25.7. The summed E-state index contributed by atoms with van der Waals surface area (Å²) in [4.78, 5) is 18.3. The highest BCUT2D eigenvalue weighted by molar-refractivity contribution is 6.31. The van der Waals surface area contributed by atoms with Crippen LogP contribution in [0.3, 0.4) is 0 Å². The van der Waals surface area contributed by atoms with Crippen LogP contribution in [0.1, 0.15) is 17.0 Å². The van der Waals surface area contributed by atoms with Crippen LogP contribution in [0.2, 0.25) is 10.0 Å². The van der Waals surface area contributed by atoms with Crippen LogP contribution in [0, 0.1) is 13.8 Å². The number of halogens is 2. The first-order valence-electron chi connectivity index (χ1n) is 11.6. The minimum atomic E-state index is -0.290. The summed E-state index contributed by atoms with van der Waals surface area (Å²) < 4.78 is 9.45. The lowest BCUT2D eigenvalue weighted by Gasteiger charge is -2.09. The van der Waals surface area contributed by atoms with Crippen molar-refractivity contribution in [2.75, 3.05) is 0 Å². The lowest BCUT2D eigenvalue weighted by atomic mass is 10.2. The Morgan fingerprint density at radius 1 is 0.919 bits per heavy atom. The number of nitrogens with zero attached hydrogens (tertiary/aromatic N) is 4. The maximum Gasteiger partial charge on any atom is 0.282 e. The van der Waals surface area contributed by atoms with Gasteiger partial charge in [0.2, 0.25) is 5.82 Å². The van der Waals surface area contributed by atoms with E-state index in [2.05, 4.69) is 9.67 Å². The molecule has 0 aliphatic carbocycles. The molecule has 0 spiro atoms. The Morgan fingerprint density at radius 3 is 2.49 bits per heavy atom. The van der Waals surface area contributed by atoms with Crippen molar-refractivity contribution < 1.29 is 4.42 Å². The molecule has 0 aliphatic rings. The second-order valence-electron chi connectivity index (χ2n) is 8.75. The topological polar surface area (TPSA) is 65.3 Å². The molecule has 0 fully saturated rings. The molecule has 6 aromatic rings. The molecule has 37 heavy (non-hydrogen) atoms. The third kappa shape index (κ3) is 4.14. The maximum absolute atomic E-state index is 13.6. The van der Waals surface area contributed by atoms with Gasteiger partial charge in [0.05, 0.1) is 17.1 Å². The van der Waals surface area contributed by atoms with E-state index < -0.39 is 0 Å². The minimum absolute atomic E-state index is 0.290. The summed E-state index contributed by atoms with van der Waals surface area (Å²) in [5.41, 5.74) is 4.78. The van der Waals surface area contributed by atoms with E-state index in [1.807, 2.05) is 68.4 Å². The van der Waals surface area contributed by atoms with E-state index in [4.69, 9.17) is 32.6 Å². The molecule has 0 radical (unpaired) electrons. The number of hydrogen-bond donors (Lipinski definition) is 0. The van der Waals surface area contributed by atoms with E-state index in [1.165, 1.54) is 4.68 Å². The molecule has 182 valence electrons. The molecule has 6 rings (SSSR count). The van der Waals surface area contributed by atoms with Crippen LogP contribution >= 0.6 is 23.2 Å². The molecular formula is C29H20Cl2N4O2. The van der Waals surface area contributed by atoms with Gasteiger partial charge in [-0.15, -0.1) is 0 Å². The van der Waals surface area contributed by atoms with Crippen molar-refractivity contribution in [2.45, 2.75) is 13.8 Å². The first kappa shape index (κ1) is 23.3. The van der Waals surface area contributed by atoms with Crippen molar-refractivity contribution in [3.8, 4) is 17.3 Å². The number of benzene rings is 3. The normalized spacial score (nSPS) is 11.8. The van der Waals surface area contributed by atoms with Crippen molar-refractivity contribution in [2.24, 2.45) is 5.10 Å². The molecule has 0 saturated heterocycles. The number of furan rings is 1. The van der Waals surface area contributed by atoms with Gasteiger partial charge in [-0.05, 0) is 80.6 Å². The quantitative estimate of drug-likeness (QED) is 0.224. The van der Waals surface area contributed by atoms with Crippen LogP contribution in [0.15, 0.2) is 93.2 Å². The Bertz CT molecular complexity index is 1900. The molecule has 0 amide bonds. The zero-order valence-electron chi connectivity index (χ0n) is 19.9. The van der Waals surface area contributed by atoms with E-state index in [0.29, 0.717) is 38.1 Å². The lowest BCUT2D eigenvalue weighted by Crippen LogP contribution is -2.20. The van der Waals surface area contributed by atoms with Gasteiger partial charge in [0, 0.05) is 38.1 Å². The number of aromatic nitrogens is 3. The SMILES string of the molecule is Cc1cc(C=Nn2c(-c3cc4cc(Cl)ccc4o3)nc3ccccc3c2=O)c(C)n1-c1ccc(Cl)cc1. The molecule has 3 aromatic carbocycles. The maximum atomic E-state index is 13.6. The number of hydrogen-bond acceptors (Lipinski definition) is 4. The molecule has 0 unspecified atom stereocenters. The molecule has 3 heterocycles. The monoisotopic (exact) mass is 526 g/mol. The van der Waals surface area contributed by atoms with E-state index in [-0.39, 0.29) is 5.56 Å². The Morgan fingerprint density at radius 2 is 1.68 bits per heavy atom. The average molecular weight is 527 g/mol. The average Bonchev–Trinajstić information content (AvgIpc) is 3.43. The van der Waals surface area contributed by atoms with Gasteiger partial charge in [-0.1, -0.05) is 35.3 Å². The molecule has 0 saturated carbocycles. The Kier molecular flexibility index (Phi) is 5.71. The Balaban J connectivity index is 1.51.